The fourth-order valence-electron chi connectivity index (χ4n) is 2.53. The van der Waals surface area contributed by atoms with Crippen LogP contribution >= 0.6 is 0 Å². The van der Waals surface area contributed by atoms with E-state index in [-0.39, 0.29) is 0 Å². The van der Waals surface area contributed by atoms with Gasteiger partial charge in [0.25, 0.3) is 0 Å². The molecule has 0 aliphatic rings. The zero-order valence-corrected chi connectivity index (χ0v) is 19.4. The first kappa shape index (κ1) is 32.2. The SMILES string of the molecule is NCC(=O)N[C@@H](CC(N)=O)C(=O)N[C@@H](CC(N)=O)C(=O)NCC(=O)NCC(=O)N[C@@H](CC(N)=O)C(=O)O. The fourth-order valence-corrected chi connectivity index (χ4v) is 2.53. The van der Waals surface area contributed by atoms with E-state index in [1.165, 1.54) is 0 Å². The van der Waals surface area contributed by atoms with E-state index in [9.17, 15) is 43.2 Å². The van der Waals surface area contributed by atoms with Crippen molar-refractivity contribution < 1.29 is 48.3 Å². The van der Waals surface area contributed by atoms with Crippen LogP contribution in [0.2, 0.25) is 0 Å². The summed E-state index contributed by atoms with van der Waals surface area (Å²) in [7, 11) is 0. The third-order valence-corrected chi connectivity index (χ3v) is 4.19. The molecular formula is C18H29N9O10. The van der Waals surface area contributed by atoms with E-state index >= 15 is 0 Å². The minimum atomic E-state index is -1.63. The second-order valence-corrected chi connectivity index (χ2v) is 7.35. The van der Waals surface area contributed by atoms with Gasteiger partial charge in [-0.25, -0.2) is 4.79 Å². The van der Waals surface area contributed by atoms with Crippen LogP contribution in [0.15, 0.2) is 0 Å². The van der Waals surface area contributed by atoms with Crippen LogP contribution in [0.1, 0.15) is 19.3 Å². The van der Waals surface area contributed by atoms with Crippen molar-refractivity contribution in [2.24, 2.45) is 22.9 Å². The molecule has 206 valence electrons. The van der Waals surface area contributed by atoms with Gasteiger partial charge in [-0.3, -0.25) is 38.4 Å². The lowest BCUT2D eigenvalue weighted by molar-refractivity contribution is -0.143. The molecule has 0 aromatic carbocycles. The van der Waals surface area contributed by atoms with Crippen molar-refractivity contribution in [1.29, 1.82) is 0 Å². The molecule has 0 aromatic rings. The first-order valence-electron chi connectivity index (χ1n) is 10.4. The molecule has 0 heterocycles. The molecule has 19 nitrogen and oxygen atoms in total. The van der Waals surface area contributed by atoms with E-state index < -0.39 is 110 Å². The van der Waals surface area contributed by atoms with Gasteiger partial charge in [-0.05, 0) is 0 Å². The third-order valence-electron chi connectivity index (χ3n) is 4.19. The average molecular weight is 531 g/mol. The second kappa shape index (κ2) is 16.0. The Morgan fingerprint density at radius 2 is 1.00 bits per heavy atom. The molecule has 0 bridgehead atoms. The summed E-state index contributed by atoms with van der Waals surface area (Å²) in [6.07, 6.45) is -2.07. The molecule has 8 amide bonds. The van der Waals surface area contributed by atoms with Crippen molar-refractivity contribution in [2.45, 2.75) is 37.4 Å². The van der Waals surface area contributed by atoms with Gasteiger partial charge >= 0.3 is 5.97 Å². The Bertz CT molecular complexity index is 939. The molecule has 0 unspecified atom stereocenters. The highest BCUT2D eigenvalue weighted by Gasteiger charge is 2.29. The fraction of sp³-hybridized carbons (Fsp3) is 0.500. The largest absolute Gasteiger partial charge is 0.480 e. The van der Waals surface area contributed by atoms with E-state index in [1.807, 2.05) is 5.32 Å². The smallest absolute Gasteiger partial charge is 0.326 e. The molecule has 19 heteroatoms. The van der Waals surface area contributed by atoms with Crippen LogP contribution in [0, 0.1) is 0 Å². The Labute approximate surface area is 208 Å². The minimum Gasteiger partial charge on any atom is -0.480 e. The molecule has 0 aliphatic carbocycles. The van der Waals surface area contributed by atoms with Crippen LogP contribution in [-0.2, 0) is 43.2 Å². The number of hydrogen-bond acceptors (Lipinski definition) is 10. The first-order chi connectivity index (χ1) is 17.2. The van der Waals surface area contributed by atoms with Crippen molar-refractivity contribution in [3.8, 4) is 0 Å². The van der Waals surface area contributed by atoms with Crippen LogP contribution in [0.5, 0.6) is 0 Å². The van der Waals surface area contributed by atoms with Gasteiger partial charge in [0.1, 0.15) is 18.1 Å². The summed E-state index contributed by atoms with van der Waals surface area (Å²) in [5.41, 5.74) is 20.1. The molecule has 14 N–H and O–H groups in total. The van der Waals surface area contributed by atoms with E-state index in [2.05, 4.69) is 21.3 Å². The lowest BCUT2D eigenvalue weighted by atomic mass is 10.1. The van der Waals surface area contributed by atoms with Crippen molar-refractivity contribution in [3.05, 3.63) is 0 Å². The molecule has 0 fully saturated rings. The monoisotopic (exact) mass is 531 g/mol. The number of carbonyl (C=O) groups excluding carboxylic acids is 8. The Kier molecular flexibility index (Phi) is 13.9. The summed E-state index contributed by atoms with van der Waals surface area (Å²) < 4.78 is 0. The van der Waals surface area contributed by atoms with Gasteiger partial charge in [0.15, 0.2) is 0 Å². The highest BCUT2D eigenvalue weighted by Crippen LogP contribution is 1.98. The van der Waals surface area contributed by atoms with Crippen LogP contribution in [-0.4, -0.2) is 96.1 Å². The van der Waals surface area contributed by atoms with Crippen molar-refractivity contribution in [1.82, 2.24) is 26.6 Å². The molecule has 37 heavy (non-hydrogen) atoms. The summed E-state index contributed by atoms with van der Waals surface area (Å²) in [5, 5.41) is 19.2. The highest BCUT2D eigenvalue weighted by molar-refractivity contribution is 5.97. The number of primary amides is 3. The van der Waals surface area contributed by atoms with Gasteiger partial charge in [-0.2, -0.15) is 0 Å². The van der Waals surface area contributed by atoms with Gasteiger partial charge in [-0.1, -0.05) is 0 Å². The molecule has 0 rings (SSSR count). The van der Waals surface area contributed by atoms with E-state index in [4.69, 9.17) is 28.0 Å². The average Bonchev–Trinajstić information content (AvgIpc) is 2.78. The Balaban J connectivity index is 5.01. The summed E-state index contributed by atoms with van der Waals surface area (Å²) in [6.45, 7) is -2.01. The van der Waals surface area contributed by atoms with Crippen molar-refractivity contribution >= 4 is 53.2 Å². The van der Waals surface area contributed by atoms with Crippen LogP contribution in [0.3, 0.4) is 0 Å². The van der Waals surface area contributed by atoms with Gasteiger partial charge in [0.05, 0.1) is 38.9 Å². The zero-order valence-electron chi connectivity index (χ0n) is 19.4. The van der Waals surface area contributed by atoms with E-state index in [1.54, 1.807) is 0 Å². The Hall–Kier alpha value is -4.81. The van der Waals surface area contributed by atoms with E-state index in [0.29, 0.717) is 0 Å². The molecule has 0 saturated heterocycles. The summed E-state index contributed by atoms with van der Waals surface area (Å²) in [6, 6.07) is -4.77. The standard InChI is InChI=1S/C18H29N9O10/c19-4-13(31)25-8(2-11(21)29)17(35)27-7(1-10(20)28)16(34)24-5-14(32)23-6-15(33)26-9(18(36)37)3-12(22)30/h7-9H,1-6,19H2,(H2,20,28)(H2,21,29)(H2,22,30)(H,23,32)(H,24,34)(H,25,31)(H,26,33)(H,27,35)(H,36,37)/t7-,8-,9-/m0/s1. The predicted octanol–water partition coefficient (Wildman–Crippen LogP) is -7.66. The van der Waals surface area contributed by atoms with Crippen molar-refractivity contribution in [2.75, 3.05) is 19.6 Å². The number of aliphatic carboxylic acids is 1. The number of carbonyl (C=O) groups is 9. The predicted molar refractivity (Wildman–Crippen MR) is 120 cm³/mol. The van der Waals surface area contributed by atoms with Gasteiger partial charge in [-0.15, -0.1) is 0 Å². The number of rotatable bonds is 17. The Morgan fingerprint density at radius 1 is 0.568 bits per heavy atom. The lowest BCUT2D eigenvalue weighted by Crippen LogP contribution is -2.56. The third kappa shape index (κ3) is 14.2. The number of carboxylic acids is 1. The quantitative estimate of drug-likeness (QED) is 0.0839. The van der Waals surface area contributed by atoms with Crippen molar-refractivity contribution in [3.63, 3.8) is 0 Å². The number of amides is 8. The normalized spacial score (nSPS) is 12.6. The van der Waals surface area contributed by atoms with Crippen LogP contribution in [0.4, 0.5) is 0 Å². The van der Waals surface area contributed by atoms with E-state index in [0.717, 1.165) is 0 Å². The van der Waals surface area contributed by atoms with Crippen LogP contribution in [0.25, 0.3) is 0 Å². The molecule has 0 saturated carbocycles. The molecular weight excluding hydrogens is 502 g/mol. The number of hydrogen-bond donors (Lipinski definition) is 10. The van der Waals surface area contributed by atoms with Gasteiger partial charge in [0, 0.05) is 0 Å². The molecule has 0 aromatic heterocycles. The van der Waals surface area contributed by atoms with Crippen LogP contribution < -0.4 is 49.5 Å². The molecule has 3 atom stereocenters. The summed E-state index contributed by atoms with van der Waals surface area (Å²) in [4.78, 5) is 104. The second-order valence-electron chi connectivity index (χ2n) is 7.35. The molecule has 0 spiro atoms. The van der Waals surface area contributed by atoms with Gasteiger partial charge < -0.3 is 54.6 Å². The number of nitrogens with two attached hydrogens (primary N) is 4. The highest BCUT2D eigenvalue weighted by atomic mass is 16.4. The summed E-state index contributed by atoms with van der Waals surface area (Å²) >= 11 is 0. The first-order valence-corrected chi connectivity index (χ1v) is 10.4. The topological polar surface area (TPSA) is 338 Å². The van der Waals surface area contributed by atoms with Gasteiger partial charge in [0.2, 0.25) is 47.3 Å². The zero-order chi connectivity index (χ0) is 28.7. The lowest BCUT2D eigenvalue weighted by Gasteiger charge is -2.21. The maximum Gasteiger partial charge on any atom is 0.326 e. The number of nitrogens with one attached hydrogen (secondary N) is 5. The maximum absolute atomic E-state index is 12.4. The summed E-state index contributed by atoms with van der Waals surface area (Å²) in [5.74, 6) is -9.39. The minimum absolute atomic E-state index is 0.525. The molecule has 0 aliphatic heterocycles. The number of carboxylic acid groups (broad SMARTS) is 1. The molecule has 0 radical (unpaired) electrons. The maximum atomic E-state index is 12.4. The Morgan fingerprint density at radius 3 is 1.46 bits per heavy atom.